The summed E-state index contributed by atoms with van der Waals surface area (Å²) in [5.74, 6) is -0.822. The molecule has 2 aliphatic carbocycles. The van der Waals surface area contributed by atoms with Gasteiger partial charge in [-0.25, -0.2) is 0 Å². The van der Waals surface area contributed by atoms with Crippen LogP contribution in [0.2, 0.25) is 0 Å². The summed E-state index contributed by atoms with van der Waals surface area (Å²) in [7, 11) is 0. The lowest BCUT2D eigenvalue weighted by molar-refractivity contribution is 0.252. The molecule has 1 N–H and O–H groups in total. The fraction of sp³-hybridized carbons (Fsp3) is 0.571. The maximum Gasteiger partial charge on any atom is 0.288 e. The van der Waals surface area contributed by atoms with Gasteiger partial charge in [-0.1, -0.05) is 23.9 Å². The lowest BCUT2D eigenvalue weighted by Gasteiger charge is -2.21. The molecule has 98 valence electrons. The normalized spacial score (nSPS) is 19.6. The molecule has 0 amide bonds. The number of rotatable bonds is 6. The Kier molecular flexibility index (Phi) is 3.46. The summed E-state index contributed by atoms with van der Waals surface area (Å²) in [5.41, 5.74) is 0.881. The van der Waals surface area contributed by atoms with Gasteiger partial charge in [0.05, 0.1) is 0 Å². The van der Waals surface area contributed by atoms with Crippen molar-refractivity contribution >= 4 is 17.4 Å². The minimum absolute atomic E-state index is 0.504. The molecule has 0 heterocycles. The Labute approximate surface area is 110 Å². The van der Waals surface area contributed by atoms with Crippen molar-refractivity contribution < 1.29 is 8.78 Å². The summed E-state index contributed by atoms with van der Waals surface area (Å²) in [4.78, 5) is 0.666. The number of anilines is 1. The van der Waals surface area contributed by atoms with E-state index in [-0.39, 0.29) is 0 Å². The molecule has 1 aromatic carbocycles. The second kappa shape index (κ2) is 5.08. The van der Waals surface area contributed by atoms with Crippen molar-refractivity contribution in [1.29, 1.82) is 0 Å². The number of thioether (sulfide) groups is 1. The molecule has 2 saturated carbocycles. The van der Waals surface area contributed by atoms with E-state index in [2.05, 4.69) is 5.32 Å². The predicted octanol–water partition coefficient (Wildman–Crippen LogP) is 4.60. The van der Waals surface area contributed by atoms with E-state index >= 15 is 0 Å². The summed E-state index contributed by atoms with van der Waals surface area (Å²) >= 11 is 0.635. The van der Waals surface area contributed by atoms with E-state index < -0.39 is 5.76 Å². The molecular weight excluding hydrogens is 252 g/mol. The van der Waals surface area contributed by atoms with Gasteiger partial charge in [-0.15, -0.1) is 0 Å². The smallest absolute Gasteiger partial charge is 0.288 e. The fourth-order valence-electron chi connectivity index (χ4n) is 2.50. The van der Waals surface area contributed by atoms with Gasteiger partial charge in [0.25, 0.3) is 5.76 Å². The Bertz CT molecular complexity index is 404. The van der Waals surface area contributed by atoms with Crippen LogP contribution in [-0.2, 0) is 0 Å². The van der Waals surface area contributed by atoms with Crippen LogP contribution < -0.4 is 5.32 Å². The number of halogens is 2. The summed E-state index contributed by atoms with van der Waals surface area (Å²) in [6.07, 6.45) is 5.16. The fourth-order valence-corrected chi connectivity index (χ4v) is 3.10. The zero-order valence-electron chi connectivity index (χ0n) is 10.1. The molecule has 18 heavy (non-hydrogen) atoms. The molecule has 0 unspecified atom stereocenters. The van der Waals surface area contributed by atoms with Gasteiger partial charge in [0, 0.05) is 16.6 Å². The van der Waals surface area contributed by atoms with E-state index in [0.29, 0.717) is 22.7 Å². The Hall–Kier alpha value is -0.770. The maximum atomic E-state index is 12.5. The highest BCUT2D eigenvalue weighted by Crippen LogP contribution is 2.46. The first kappa shape index (κ1) is 12.3. The summed E-state index contributed by atoms with van der Waals surface area (Å²) < 4.78 is 25.0. The van der Waals surface area contributed by atoms with Gasteiger partial charge in [0.2, 0.25) is 0 Å². The highest BCUT2D eigenvalue weighted by atomic mass is 32.2. The number of hydrogen-bond donors (Lipinski definition) is 1. The van der Waals surface area contributed by atoms with Gasteiger partial charge in [0.15, 0.2) is 0 Å². The second-order valence-corrected chi connectivity index (χ2v) is 6.25. The maximum absolute atomic E-state index is 12.5. The van der Waals surface area contributed by atoms with Gasteiger partial charge >= 0.3 is 0 Å². The van der Waals surface area contributed by atoms with Crippen molar-refractivity contribution in [2.45, 2.75) is 42.4 Å². The van der Waals surface area contributed by atoms with Crippen LogP contribution in [0.15, 0.2) is 29.2 Å². The van der Waals surface area contributed by atoms with E-state index in [4.69, 9.17) is 0 Å². The van der Waals surface area contributed by atoms with Crippen LogP contribution in [-0.4, -0.2) is 11.8 Å². The van der Waals surface area contributed by atoms with Crippen molar-refractivity contribution in [1.82, 2.24) is 0 Å². The molecular formula is C14H17F2NS. The van der Waals surface area contributed by atoms with Gasteiger partial charge < -0.3 is 5.32 Å². The van der Waals surface area contributed by atoms with Gasteiger partial charge in [-0.2, -0.15) is 8.78 Å². The molecule has 4 heteroatoms. The van der Waals surface area contributed by atoms with E-state index in [9.17, 15) is 8.78 Å². The molecule has 0 saturated heterocycles. The highest BCUT2D eigenvalue weighted by molar-refractivity contribution is 7.99. The lowest BCUT2D eigenvalue weighted by atomic mass is 10.1. The number of alkyl halides is 2. The van der Waals surface area contributed by atoms with Crippen LogP contribution in [0.5, 0.6) is 0 Å². The molecule has 0 bridgehead atoms. The first-order valence-corrected chi connectivity index (χ1v) is 7.42. The van der Waals surface area contributed by atoms with Crippen LogP contribution >= 0.6 is 11.8 Å². The van der Waals surface area contributed by atoms with Crippen LogP contribution in [0, 0.1) is 11.8 Å². The lowest BCUT2D eigenvalue weighted by Crippen LogP contribution is -2.24. The number of nitrogens with one attached hydrogen (secondary N) is 1. The Morgan fingerprint density at radius 2 is 1.67 bits per heavy atom. The molecule has 0 spiro atoms. The number of benzene rings is 1. The van der Waals surface area contributed by atoms with Crippen molar-refractivity contribution in [3.8, 4) is 0 Å². The minimum Gasteiger partial charge on any atom is -0.381 e. The third-order valence-electron chi connectivity index (χ3n) is 3.69. The number of hydrogen-bond acceptors (Lipinski definition) is 2. The first-order chi connectivity index (χ1) is 8.74. The van der Waals surface area contributed by atoms with Gasteiger partial charge in [-0.3, -0.25) is 0 Å². The van der Waals surface area contributed by atoms with Crippen molar-refractivity contribution in [2.75, 3.05) is 5.32 Å². The minimum atomic E-state index is -2.35. The van der Waals surface area contributed by atoms with Crippen LogP contribution in [0.25, 0.3) is 0 Å². The van der Waals surface area contributed by atoms with E-state index in [1.54, 1.807) is 6.07 Å². The Morgan fingerprint density at radius 1 is 1.06 bits per heavy atom. The topological polar surface area (TPSA) is 12.0 Å². The zero-order valence-corrected chi connectivity index (χ0v) is 10.9. The van der Waals surface area contributed by atoms with E-state index in [1.807, 2.05) is 18.2 Å². The van der Waals surface area contributed by atoms with Crippen LogP contribution in [0.1, 0.15) is 25.7 Å². The second-order valence-electron chi connectivity index (χ2n) is 5.22. The summed E-state index contributed by atoms with van der Waals surface area (Å²) in [6.45, 7) is 0. The third kappa shape index (κ3) is 2.97. The standard InChI is InChI=1S/C14H17F2NS/c15-14(16)18-12-4-2-1-3-11(12)17-13(9-5-6-9)10-7-8-10/h1-4,9-10,13-14,17H,5-8H2. The monoisotopic (exact) mass is 269 g/mol. The Morgan fingerprint density at radius 3 is 2.22 bits per heavy atom. The molecule has 0 aliphatic heterocycles. The average Bonchev–Trinajstić information content (AvgIpc) is 3.20. The van der Waals surface area contributed by atoms with Crippen molar-refractivity contribution in [3.63, 3.8) is 0 Å². The van der Waals surface area contributed by atoms with Gasteiger partial charge in [-0.05, 0) is 49.7 Å². The molecule has 1 aromatic rings. The van der Waals surface area contributed by atoms with Crippen LogP contribution in [0.3, 0.4) is 0 Å². The average molecular weight is 269 g/mol. The largest absolute Gasteiger partial charge is 0.381 e. The molecule has 3 rings (SSSR count). The van der Waals surface area contributed by atoms with Crippen molar-refractivity contribution in [3.05, 3.63) is 24.3 Å². The SMILES string of the molecule is FC(F)Sc1ccccc1NC(C1CC1)C1CC1. The van der Waals surface area contributed by atoms with E-state index in [0.717, 1.165) is 17.5 Å². The highest BCUT2D eigenvalue weighted by Gasteiger charge is 2.41. The molecule has 0 radical (unpaired) electrons. The van der Waals surface area contributed by atoms with Crippen LogP contribution in [0.4, 0.5) is 14.5 Å². The van der Waals surface area contributed by atoms with Gasteiger partial charge in [0.1, 0.15) is 0 Å². The zero-order chi connectivity index (χ0) is 12.5. The first-order valence-electron chi connectivity index (χ1n) is 6.54. The molecule has 2 fully saturated rings. The summed E-state index contributed by atoms with van der Waals surface area (Å²) in [6, 6.07) is 7.93. The third-order valence-corrected chi connectivity index (χ3v) is 4.47. The summed E-state index contributed by atoms with van der Waals surface area (Å²) in [5, 5.41) is 3.52. The van der Waals surface area contributed by atoms with E-state index in [1.165, 1.54) is 25.7 Å². The molecule has 2 aliphatic rings. The molecule has 0 aromatic heterocycles. The number of para-hydroxylation sites is 1. The van der Waals surface area contributed by atoms with Crippen molar-refractivity contribution in [2.24, 2.45) is 11.8 Å². The molecule has 0 atom stereocenters. The quantitative estimate of drug-likeness (QED) is 0.757. The predicted molar refractivity (Wildman–Crippen MR) is 71.2 cm³/mol. The molecule has 1 nitrogen and oxygen atoms in total. The Balaban J connectivity index is 1.73.